The summed E-state index contributed by atoms with van der Waals surface area (Å²) >= 11 is 0. The van der Waals surface area contributed by atoms with Crippen LogP contribution in [0.1, 0.15) is 11.3 Å². The zero-order valence-corrected chi connectivity index (χ0v) is 11.0. The maximum Gasteiger partial charge on any atom is 0.250 e. The van der Waals surface area contributed by atoms with Gasteiger partial charge in [0.25, 0.3) is 0 Å². The topological polar surface area (TPSA) is 69.4 Å². The Morgan fingerprint density at radius 2 is 2.20 bits per heavy atom. The third-order valence-corrected chi connectivity index (χ3v) is 3.28. The lowest BCUT2D eigenvalue weighted by Gasteiger charge is -2.08. The number of ether oxygens (including phenoxy) is 2. The third-order valence-electron chi connectivity index (χ3n) is 3.28. The van der Waals surface area contributed by atoms with Crippen LogP contribution in [0.2, 0.25) is 0 Å². The van der Waals surface area contributed by atoms with E-state index in [1.54, 1.807) is 0 Å². The van der Waals surface area contributed by atoms with Gasteiger partial charge in [0.15, 0.2) is 5.82 Å². The van der Waals surface area contributed by atoms with Gasteiger partial charge in [0.05, 0.1) is 37.9 Å². The first kappa shape index (κ1) is 12.9. The van der Waals surface area contributed by atoms with Crippen molar-refractivity contribution < 1.29 is 19.0 Å². The normalized spacial score (nSPS) is 14.7. The van der Waals surface area contributed by atoms with Crippen LogP contribution >= 0.6 is 0 Å². The van der Waals surface area contributed by atoms with E-state index in [-0.39, 0.29) is 11.8 Å². The van der Waals surface area contributed by atoms with Gasteiger partial charge in [0, 0.05) is 24.5 Å². The van der Waals surface area contributed by atoms with E-state index in [1.165, 1.54) is 24.1 Å². The highest BCUT2D eigenvalue weighted by Gasteiger charge is 2.21. The van der Waals surface area contributed by atoms with Crippen molar-refractivity contribution in [2.75, 3.05) is 20.3 Å². The number of pyridine rings is 1. The molecule has 1 N–H and O–H groups in total. The Morgan fingerprint density at radius 1 is 1.40 bits per heavy atom. The summed E-state index contributed by atoms with van der Waals surface area (Å²) in [6.07, 6.45) is 2.66. The Bertz CT molecular complexity index is 642. The van der Waals surface area contributed by atoms with Crippen molar-refractivity contribution in [3.8, 4) is 17.4 Å². The van der Waals surface area contributed by atoms with Crippen LogP contribution in [0.4, 0.5) is 4.39 Å². The molecular weight excluding hydrogens is 265 g/mol. The van der Waals surface area contributed by atoms with E-state index in [4.69, 9.17) is 9.47 Å². The highest BCUT2D eigenvalue weighted by Crippen LogP contribution is 2.27. The zero-order valence-electron chi connectivity index (χ0n) is 11.0. The van der Waals surface area contributed by atoms with Gasteiger partial charge in [-0.25, -0.2) is 14.1 Å². The minimum atomic E-state index is -0.571. The molecule has 0 saturated heterocycles. The largest absolute Gasteiger partial charge is 0.492 e. The van der Waals surface area contributed by atoms with Crippen LogP contribution in [0.25, 0.3) is 5.69 Å². The van der Waals surface area contributed by atoms with Crippen LogP contribution in [0.3, 0.4) is 0 Å². The molecule has 0 unspecified atom stereocenters. The lowest BCUT2D eigenvalue weighted by atomic mass is 10.1. The molecule has 6 nitrogen and oxygen atoms in total. The molecule has 106 valence electrons. The molecule has 0 amide bonds. The van der Waals surface area contributed by atoms with Gasteiger partial charge in [0.2, 0.25) is 11.8 Å². The summed E-state index contributed by atoms with van der Waals surface area (Å²) < 4.78 is 25.4. The molecule has 0 spiro atoms. The molecule has 20 heavy (non-hydrogen) atoms. The van der Waals surface area contributed by atoms with E-state index < -0.39 is 5.82 Å². The quantitative estimate of drug-likeness (QED) is 0.895. The number of halogens is 1. The van der Waals surface area contributed by atoms with Gasteiger partial charge in [-0.1, -0.05) is 0 Å². The molecule has 0 atom stereocenters. The van der Waals surface area contributed by atoms with Crippen molar-refractivity contribution in [3.63, 3.8) is 0 Å². The molecule has 3 rings (SSSR count). The van der Waals surface area contributed by atoms with E-state index in [2.05, 4.69) is 10.1 Å². The first-order valence-corrected chi connectivity index (χ1v) is 6.28. The van der Waals surface area contributed by atoms with Crippen LogP contribution in [-0.4, -0.2) is 40.2 Å². The summed E-state index contributed by atoms with van der Waals surface area (Å²) in [4.78, 5) is 3.88. The molecule has 0 fully saturated rings. The Kier molecular flexibility index (Phi) is 3.27. The second-order valence-corrected chi connectivity index (χ2v) is 4.46. The molecule has 3 heterocycles. The fourth-order valence-electron chi connectivity index (χ4n) is 2.33. The number of hydrogen-bond donors (Lipinski definition) is 1. The highest BCUT2D eigenvalue weighted by atomic mass is 19.1. The Labute approximate surface area is 114 Å². The predicted octanol–water partition coefficient (Wildman–Crippen LogP) is 1.24. The predicted molar refractivity (Wildman–Crippen MR) is 67.8 cm³/mol. The smallest absolute Gasteiger partial charge is 0.250 e. The number of fused-ring (bicyclic) bond motifs is 1. The summed E-state index contributed by atoms with van der Waals surface area (Å²) in [5, 5.41) is 14.0. The van der Waals surface area contributed by atoms with Crippen LogP contribution in [0, 0.1) is 5.82 Å². The van der Waals surface area contributed by atoms with E-state index in [1.807, 2.05) is 0 Å². The van der Waals surface area contributed by atoms with Crippen molar-refractivity contribution in [1.82, 2.24) is 14.8 Å². The number of methoxy groups -OCH3 is 1. The maximum atomic E-state index is 13.7. The van der Waals surface area contributed by atoms with Gasteiger partial charge in [0.1, 0.15) is 0 Å². The number of hydrogen-bond acceptors (Lipinski definition) is 5. The Morgan fingerprint density at radius 3 is 2.95 bits per heavy atom. The van der Waals surface area contributed by atoms with Crippen molar-refractivity contribution in [2.24, 2.45) is 0 Å². The average molecular weight is 279 g/mol. The molecule has 0 aromatic carbocycles. The second-order valence-electron chi connectivity index (χ2n) is 4.46. The standard InChI is InChI=1S/C13H14FN3O3/c1-19-13-10(14)6-8(7-15-13)17-11-3-5-20-4-2-9(11)12(18)16-17/h6-7H,2-5H2,1H3,(H,16,18). The van der Waals surface area contributed by atoms with Crippen molar-refractivity contribution in [3.05, 3.63) is 29.3 Å². The van der Waals surface area contributed by atoms with E-state index in [0.717, 1.165) is 11.3 Å². The lowest BCUT2D eigenvalue weighted by Crippen LogP contribution is -2.06. The number of aromatic nitrogens is 3. The fourth-order valence-corrected chi connectivity index (χ4v) is 2.33. The van der Waals surface area contributed by atoms with Gasteiger partial charge in [-0.15, -0.1) is 5.10 Å². The lowest BCUT2D eigenvalue weighted by molar-refractivity contribution is 0.145. The van der Waals surface area contributed by atoms with Gasteiger partial charge < -0.3 is 14.6 Å². The molecule has 0 radical (unpaired) electrons. The third kappa shape index (κ3) is 2.09. The summed E-state index contributed by atoms with van der Waals surface area (Å²) in [7, 11) is 1.36. The summed E-state index contributed by atoms with van der Waals surface area (Å²) in [5.41, 5.74) is 2.02. The minimum Gasteiger partial charge on any atom is -0.492 e. The van der Waals surface area contributed by atoms with Crippen LogP contribution in [-0.2, 0) is 17.6 Å². The van der Waals surface area contributed by atoms with Crippen LogP contribution in [0.15, 0.2) is 12.3 Å². The molecular formula is C13H14FN3O3. The Balaban J connectivity index is 2.08. The van der Waals surface area contributed by atoms with Crippen molar-refractivity contribution >= 4 is 0 Å². The SMILES string of the molecule is COc1ncc(-n2nc(O)c3c2CCOCC3)cc1F. The summed E-state index contributed by atoms with van der Waals surface area (Å²) in [6.45, 7) is 1.09. The molecule has 1 aliphatic heterocycles. The summed E-state index contributed by atoms with van der Waals surface area (Å²) in [5.74, 6) is -0.681. The Hall–Kier alpha value is -2.15. The zero-order chi connectivity index (χ0) is 14.1. The number of nitrogens with zero attached hydrogens (tertiary/aromatic N) is 3. The second kappa shape index (κ2) is 5.09. The molecule has 0 saturated carbocycles. The number of aromatic hydroxyl groups is 1. The van der Waals surface area contributed by atoms with Crippen molar-refractivity contribution in [2.45, 2.75) is 12.8 Å². The van der Waals surface area contributed by atoms with E-state index in [9.17, 15) is 9.50 Å². The van der Waals surface area contributed by atoms with Crippen LogP contribution in [0.5, 0.6) is 11.8 Å². The molecule has 2 aromatic rings. The minimum absolute atomic E-state index is 0.0401. The first-order valence-electron chi connectivity index (χ1n) is 6.28. The molecule has 2 aromatic heterocycles. The average Bonchev–Trinajstić information content (AvgIpc) is 2.64. The molecule has 0 bridgehead atoms. The van der Waals surface area contributed by atoms with Gasteiger partial charge in [-0.2, -0.15) is 0 Å². The molecule has 7 heteroatoms. The van der Waals surface area contributed by atoms with Crippen molar-refractivity contribution in [1.29, 1.82) is 0 Å². The van der Waals surface area contributed by atoms with E-state index >= 15 is 0 Å². The maximum absolute atomic E-state index is 13.7. The highest BCUT2D eigenvalue weighted by molar-refractivity contribution is 5.40. The van der Waals surface area contributed by atoms with Gasteiger partial charge in [-0.3, -0.25) is 0 Å². The monoisotopic (exact) mass is 279 g/mol. The van der Waals surface area contributed by atoms with E-state index in [0.29, 0.717) is 31.7 Å². The molecule has 0 aliphatic carbocycles. The fraction of sp³-hybridized carbons (Fsp3) is 0.385. The van der Waals surface area contributed by atoms with Crippen LogP contribution < -0.4 is 4.74 Å². The first-order chi connectivity index (χ1) is 9.70. The van der Waals surface area contributed by atoms with Gasteiger partial charge in [-0.05, 0) is 0 Å². The number of rotatable bonds is 2. The summed E-state index contributed by atoms with van der Waals surface area (Å²) in [6, 6.07) is 1.28. The molecule has 1 aliphatic rings. The van der Waals surface area contributed by atoms with Gasteiger partial charge >= 0.3 is 0 Å².